The Morgan fingerprint density at radius 2 is 0.828 bits per heavy atom. The van der Waals surface area contributed by atoms with Gasteiger partial charge in [0.1, 0.15) is 18.1 Å². The highest BCUT2D eigenvalue weighted by atomic mass is 16.5. The lowest BCUT2D eigenvalue weighted by Crippen LogP contribution is -2.23. The predicted octanol–water partition coefficient (Wildman–Crippen LogP) is 14.3. The maximum atomic E-state index is 12.2. The summed E-state index contributed by atoms with van der Waals surface area (Å²) in [6.07, 6.45) is 47.5. The quantitative estimate of drug-likeness (QED) is 0.0274. The third kappa shape index (κ3) is 39.7. The molecule has 0 spiro atoms. The molecule has 0 radical (unpaired) electrons. The molecular formula is C55H91NO8. The van der Waals surface area contributed by atoms with Gasteiger partial charge in [-0.2, -0.15) is 0 Å². The van der Waals surface area contributed by atoms with Crippen LogP contribution in [0.2, 0.25) is 0 Å². The summed E-state index contributed by atoms with van der Waals surface area (Å²) in [5.41, 5.74) is 0.768. The van der Waals surface area contributed by atoms with Crippen LogP contribution in [0.15, 0.2) is 66.8 Å². The number of hydrogen-bond acceptors (Lipinski definition) is 9. The van der Waals surface area contributed by atoms with Crippen LogP contribution < -0.4 is 9.47 Å². The Kier molecular flexibility index (Phi) is 40.3. The molecule has 0 heterocycles. The Morgan fingerprint density at radius 3 is 1.25 bits per heavy atom. The molecule has 0 fully saturated rings. The third-order valence-electron chi connectivity index (χ3n) is 10.6. The largest absolute Gasteiger partial charge is 0.493 e. The normalized spacial score (nSPS) is 11.8. The van der Waals surface area contributed by atoms with Crippen LogP contribution in [0.3, 0.4) is 0 Å². The van der Waals surface area contributed by atoms with Crippen molar-refractivity contribution in [3.63, 3.8) is 0 Å². The zero-order valence-electron chi connectivity index (χ0n) is 41.1. The van der Waals surface area contributed by atoms with E-state index in [0.29, 0.717) is 63.6 Å². The number of ether oxygens (including phenoxy) is 5. The first-order valence-electron chi connectivity index (χ1n) is 25.4. The van der Waals surface area contributed by atoms with Gasteiger partial charge >= 0.3 is 17.9 Å². The van der Waals surface area contributed by atoms with E-state index in [1.54, 1.807) is 4.90 Å². The van der Waals surface area contributed by atoms with Crippen LogP contribution in [0.1, 0.15) is 199 Å². The number of unbranched alkanes of at least 4 members (excludes halogenated alkanes) is 18. The van der Waals surface area contributed by atoms with E-state index in [9.17, 15) is 14.4 Å². The van der Waals surface area contributed by atoms with Crippen LogP contribution in [0.25, 0.3) is 0 Å². The molecule has 64 heavy (non-hydrogen) atoms. The molecule has 1 aromatic carbocycles. The van der Waals surface area contributed by atoms with Crippen molar-refractivity contribution in [2.24, 2.45) is 0 Å². The summed E-state index contributed by atoms with van der Waals surface area (Å²) in [5, 5.41) is 0. The van der Waals surface area contributed by atoms with Crippen molar-refractivity contribution in [3.05, 3.63) is 72.4 Å². The maximum Gasteiger partial charge on any atom is 0.320 e. The minimum absolute atomic E-state index is 0.107. The van der Waals surface area contributed by atoms with Crippen molar-refractivity contribution in [3.8, 4) is 11.5 Å². The molecule has 0 aliphatic rings. The summed E-state index contributed by atoms with van der Waals surface area (Å²) in [6, 6.07) is 5.55. The van der Waals surface area contributed by atoms with E-state index < -0.39 is 0 Å². The second kappa shape index (κ2) is 44.4. The van der Waals surface area contributed by atoms with Gasteiger partial charge < -0.3 is 23.7 Å². The second-order valence-corrected chi connectivity index (χ2v) is 17.2. The van der Waals surface area contributed by atoms with E-state index in [1.807, 2.05) is 32.3 Å². The summed E-state index contributed by atoms with van der Waals surface area (Å²) in [4.78, 5) is 38.4. The average Bonchev–Trinajstić information content (AvgIpc) is 3.27. The first-order chi connectivity index (χ1) is 31.3. The molecule has 1 aromatic rings. The van der Waals surface area contributed by atoms with Gasteiger partial charge in [0.05, 0.1) is 33.0 Å². The van der Waals surface area contributed by atoms with Gasteiger partial charge in [0.15, 0.2) is 0 Å². The molecule has 0 bridgehead atoms. The Hall–Kier alpha value is -3.85. The Balaban J connectivity index is 2.24. The topological polar surface area (TPSA) is 101 Å². The lowest BCUT2D eigenvalue weighted by atomic mass is 10.1. The van der Waals surface area contributed by atoms with Crippen molar-refractivity contribution in [1.29, 1.82) is 0 Å². The van der Waals surface area contributed by atoms with Crippen molar-refractivity contribution in [2.75, 3.05) is 47.1 Å². The molecule has 0 aliphatic heterocycles. The number of benzene rings is 1. The molecule has 9 nitrogen and oxygen atoms in total. The smallest absolute Gasteiger partial charge is 0.320 e. The van der Waals surface area contributed by atoms with Crippen LogP contribution in [0.4, 0.5) is 0 Å². The molecule has 0 saturated carbocycles. The van der Waals surface area contributed by atoms with Crippen LogP contribution in [-0.2, 0) is 35.2 Å². The summed E-state index contributed by atoms with van der Waals surface area (Å²) in [7, 11) is 3.64. The molecule has 1 rings (SSSR count). The molecule has 0 aliphatic carbocycles. The number of likely N-dealkylation sites (N-methyl/N-ethyl adjacent to an activating group) is 1. The van der Waals surface area contributed by atoms with Gasteiger partial charge in [0.2, 0.25) is 0 Å². The van der Waals surface area contributed by atoms with E-state index >= 15 is 0 Å². The molecule has 0 N–H and O–H groups in total. The number of hydrogen-bond donors (Lipinski definition) is 0. The number of allylic oxidation sites excluding steroid dienone is 8. The van der Waals surface area contributed by atoms with Crippen LogP contribution >= 0.6 is 0 Å². The average molecular weight is 894 g/mol. The minimum Gasteiger partial charge on any atom is -0.493 e. The maximum absolute atomic E-state index is 12.2. The first kappa shape index (κ1) is 58.2. The molecule has 0 saturated heterocycles. The summed E-state index contributed by atoms with van der Waals surface area (Å²) in [6.45, 7) is 6.44. The molecule has 0 amide bonds. The van der Waals surface area contributed by atoms with Gasteiger partial charge in [-0.25, -0.2) is 0 Å². The van der Waals surface area contributed by atoms with Gasteiger partial charge in [-0.3, -0.25) is 19.3 Å². The van der Waals surface area contributed by atoms with Crippen molar-refractivity contribution in [2.45, 2.75) is 200 Å². The van der Waals surface area contributed by atoms with E-state index in [-0.39, 0.29) is 31.1 Å². The van der Waals surface area contributed by atoms with Crippen LogP contribution in [0, 0.1) is 0 Å². The highest BCUT2D eigenvalue weighted by Gasteiger charge is 2.10. The predicted molar refractivity (Wildman–Crippen MR) is 265 cm³/mol. The van der Waals surface area contributed by atoms with E-state index in [1.165, 1.54) is 77.0 Å². The zero-order valence-corrected chi connectivity index (χ0v) is 41.1. The van der Waals surface area contributed by atoms with Crippen molar-refractivity contribution < 1.29 is 38.1 Å². The summed E-state index contributed by atoms with van der Waals surface area (Å²) < 4.78 is 28.5. The fourth-order valence-electron chi connectivity index (χ4n) is 6.81. The van der Waals surface area contributed by atoms with Gasteiger partial charge in [-0.15, -0.1) is 0 Å². The van der Waals surface area contributed by atoms with E-state index in [4.69, 9.17) is 23.7 Å². The van der Waals surface area contributed by atoms with Gasteiger partial charge in [0.25, 0.3) is 0 Å². The first-order valence-corrected chi connectivity index (χ1v) is 25.4. The highest BCUT2D eigenvalue weighted by molar-refractivity contribution is 5.71. The Labute approximate surface area is 390 Å². The summed E-state index contributed by atoms with van der Waals surface area (Å²) in [5.74, 6) is 0.674. The number of nitrogens with zero attached hydrogens (tertiary/aromatic N) is 1. The number of esters is 3. The van der Waals surface area contributed by atoms with Crippen molar-refractivity contribution in [1.82, 2.24) is 4.90 Å². The Morgan fingerprint density at radius 1 is 0.438 bits per heavy atom. The lowest BCUT2D eigenvalue weighted by molar-refractivity contribution is -0.146. The molecular weight excluding hydrogens is 803 g/mol. The molecule has 9 heteroatoms. The fourth-order valence-corrected chi connectivity index (χ4v) is 6.81. The van der Waals surface area contributed by atoms with Crippen LogP contribution in [-0.4, -0.2) is 69.9 Å². The summed E-state index contributed by atoms with van der Waals surface area (Å²) >= 11 is 0. The number of rotatable bonds is 44. The molecule has 364 valence electrons. The van der Waals surface area contributed by atoms with Gasteiger partial charge in [0, 0.05) is 18.9 Å². The monoisotopic (exact) mass is 894 g/mol. The zero-order chi connectivity index (χ0) is 46.4. The second-order valence-electron chi connectivity index (χ2n) is 17.2. The molecule has 0 atom stereocenters. The molecule has 0 aromatic heterocycles. The SMILES string of the molecule is CCCCC/C=C\C/C=C\CCCCCCCC(=O)OCCCCOc1cc(COC(=O)CN(C)C)cc(OCCCCOC(=O)CCCCCCC/C=C\C/C=C\CCCCC)c1. The van der Waals surface area contributed by atoms with Gasteiger partial charge in [-0.05, 0) is 135 Å². The van der Waals surface area contributed by atoms with Crippen LogP contribution in [0.5, 0.6) is 11.5 Å². The third-order valence-corrected chi connectivity index (χ3v) is 10.6. The fraction of sp³-hybridized carbons (Fsp3) is 0.691. The van der Waals surface area contributed by atoms with E-state index in [0.717, 1.165) is 82.6 Å². The highest BCUT2D eigenvalue weighted by Crippen LogP contribution is 2.25. The number of carbonyl (C=O) groups excluding carboxylic acids is 3. The standard InChI is InChI=1S/C55H91NO8/c1-5-7-9-11-13-15-17-19-21-23-25-27-29-31-33-39-53(57)62-43-37-35-41-60-51-45-50(49-64-55(59)48-56(3)4)46-52(47-51)61-42-36-38-44-63-54(58)40-34-32-30-28-26-24-22-20-18-16-14-12-10-8-6-2/h13-16,19-22,45-47H,5-12,17-18,23-44,48-49H2,1-4H3/b15-13-,16-14-,21-19-,22-20-. The molecule has 0 unspecified atom stereocenters. The minimum atomic E-state index is -0.311. The van der Waals surface area contributed by atoms with Gasteiger partial charge in [-0.1, -0.05) is 127 Å². The lowest BCUT2D eigenvalue weighted by Gasteiger charge is -2.14. The number of carbonyl (C=O) groups is 3. The van der Waals surface area contributed by atoms with Crippen molar-refractivity contribution >= 4 is 17.9 Å². The Bertz CT molecular complexity index is 1310. The van der Waals surface area contributed by atoms with E-state index in [2.05, 4.69) is 62.5 Å².